The van der Waals surface area contributed by atoms with Crippen molar-refractivity contribution in [2.24, 2.45) is 5.10 Å². The van der Waals surface area contributed by atoms with Crippen LogP contribution in [0, 0.1) is 10.1 Å². The number of rotatable bonds is 8. The number of hydrazone groups is 1. The maximum absolute atomic E-state index is 13.3. The minimum Gasteiger partial charge on any atom is -0.485 e. The van der Waals surface area contributed by atoms with Gasteiger partial charge in [0.05, 0.1) is 16.3 Å². The molecule has 0 spiro atoms. The summed E-state index contributed by atoms with van der Waals surface area (Å²) in [6.45, 7) is 3.90. The number of benzene rings is 3. The molecule has 4 rings (SSSR count). The lowest BCUT2D eigenvalue weighted by Gasteiger charge is -2.27. The van der Waals surface area contributed by atoms with E-state index in [1.54, 1.807) is 13.8 Å². The van der Waals surface area contributed by atoms with Crippen LogP contribution >= 0.6 is 0 Å². The Kier molecular flexibility index (Phi) is 7.13. The average molecular weight is 495 g/mol. The van der Waals surface area contributed by atoms with E-state index in [1.807, 2.05) is 54.6 Å². The van der Waals surface area contributed by atoms with Crippen molar-refractivity contribution in [1.29, 1.82) is 0 Å². The number of nitrogens with zero attached hydrogens (tertiary/aromatic N) is 3. The van der Waals surface area contributed by atoms with Crippen LogP contribution in [0.4, 0.5) is 11.4 Å². The predicted octanol–water partition coefficient (Wildman–Crippen LogP) is 4.97. The third kappa shape index (κ3) is 5.03. The number of anilines is 1. The van der Waals surface area contributed by atoms with Gasteiger partial charge >= 0.3 is 0 Å². The Balaban J connectivity index is 1.75. The molecule has 182 valence electrons. The number of fused-ring (bicyclic) bond motifs is 1. The van der Waals surface area contributed by atoms with Gasteiger partial charge in [0.1, 0.15) is 16.7 Å². The molecule has 0 saturated heterocycles. The number of hydrogen-bond donors (Lipinski definition) is 1. The van der Waals surface area contributed by atoms with Crippen molar-refractivity contribution in [1.82, 2.24) is 4.31 Å². The highest BCUT2D eigenvalue weighted by Gasteiger charge is 2.29. The summed E-state index contributed by atoms with van der Waals surface area (Å²) in [6.07, 6.45) is 0.196. The second-order valence-electron chi connectivity index (χ2n) is 7.91. The van der Waals surface area contributed by atoms with Crippen LogP contribution in [0.1, 0.15) is 37.5 Å². The lowest BCUT2D eigenvalue weighted by Crippen LogP contribution is -2.31. The zero-order valence-corrected chi connectivity index (χ0v) is 20.2. The smallest absolute Gasteiger partial charge is 0.270 e. The summed E-state index contributed by atoms with van der Waals surface area (Å²) in [7, 11) is -3.98. The van der Waals surface area contributed by atoms with Gasteiger partial charge in [-0.3, -0.25) is 15.5 Å². The topological polar surface area (TPSA) is 114 Å². The van der Waals surface area contributed by atoms with Crippen molar-refractivity contribution >= 4 is 27.1 Å². The van der Waals surface area contributed by atoms with Crippen molar-refractivity contribution in [3.63, 3.8) is 0 Å². The van der Waals surface area contributed by atoms with E-state index in [1.165, 1.54) is 16.4 Å². The van der Waals surface area contributed by atoms with Crippen LogP contribution in [0.15, 0.2) is 82.8 Å². The van der Waals surface area contributed by atoms with Gasteiger partial charge < -0.3 is 4.74 Å². The first-order valence-electron chi connectivity index (χ1n) is 11.3. The van der Waals surface area contributed by atoms with E-state index in [0.29, 0.717) is 17.9 Å². The molecule has 3 aromatic carbocycles. The standard InChI is InChI=1S/C25H26N4O5S/c1-3-28(4-2)35(32,33)25-16-19(29(30)31)14-15-21(25)26-27-22-17-24(18-10-6-5-7-11-18)34-23-13-9-8-12-20(22)23/h5-16,24,26H,3-4,17H2,1-2H3/b27-22-. The molecule has 1 atom stereocenters. The van der Waals surface area contributed by atoms with E-state index in [0.717, 1.165) is 17.2 Å². The molecule has 0 fully saturated rings. The van der Waals surface area contributed by atoms with Gasteiger partial charge in [0.25, 0.3) is 5.69 Å². The van der Waals surface area contributed by atoms with Crippen molar-refractivity contribution in [3.05, 3.63) is 94.0 Å². The molecule has 1 heterocycles. The SMILES string of the molecule is CCN(CC)S(=O)(=O)c1cc([N+](=O)[O-])ccc1N/N=C1/CC(c2ccccc2)Oc2ccccc21. The number of ether oxygens (including phenoxy) is 1. The van der Waals surface area contributed by atoms with E-state index in [2.05, 4.69) is 10.5 Å². The molecule has 0 amide bonds. The Labute approximate surface area is 204 Å². The second kappa shape index (κ2) is 10.2. The Bertz CT molecular complexity index is 1360. The molecule has 1 aliphatic rings. The zero-order valence-electron chi connectivity index (χ0n) is 19.4. The molecule has 0 saturated carbocycles. The van der Waals surface area contributed by atoms with Crippen LogP contribution in [-0.2, 0) is 10.0 Å². The highest BCUT2D eigenvalue weighted by molar-refractivity contribution is 7.89. The minimum atomic E-state index is -3.98. The summed E-state index contributed by atoms with van der Waals surface area (Å²) in [5.41, 5.74) is 5.20. The average Bonchev–Trinajstić information content (AvgIpc) is 2.88. The molecule has 3 aromatic rings. The third-order valence-corrected chi connectivity index (χ3v) is 7.92. The van der Waals surface area contributed by atoms with Gasteiger partial charge in [-0.05, 0) is 23.8 Å². The Morgan fingerprint density at radius 3 is 2.43 bits per heavy atom. The van der Waals surface area contributed by atoms with Crippen LogP contribution in [0.3, 0.4) is 0 Å². The summed E-state index contributed by atoms with van der Waals surface area (Å²) in [5, 5.41) is 15.9. The van der Waals surface area contributed by atoms with Gasteiger partial charge in [-0.15, -0.1) is 0 Å². The molecule has 1 unspecified atom stereocenters. The number of nitro benzene ring substituents is 1. The molecule has 0 radical (unpaired) electrons. The highest BCUT2D eigenvalue weighted by Crippen LogP contribution is 2.36. The maximum Gasteiger partial charge on any atom is 0.270 e. The summed E-state index contributed by atoms with van der Waals surface area (Å²) in [6, 6.07) is 21.0. The molecular formula is C25H26N4O5S. The largest absolute Gasteiger partial charge is 0.485 e. The molecule has 35 heavy (non-hydrogen) atoms. The van der Waals surface area contributed by atoms with Crippen LogP contribution in [0.25, 0.3) is 0 Å². The number of sulfonamides is 1. The number of nitrogens with one attached hydrogen (secondary N) is 1. The molecule has 0 bridgehead atoms. The molecule has 0 aliphatic carbocycles. The summed E-state index contributed by atoms with van der Waals surface area (Å²) in [4.78, 5) is 10.5. The first-order chi connectivity index (χ1) is 16.8. The Morgan fingerprint density at radius 2 is 1.74 bits per heavy atom. The van der Waals surface area contributed by atoms with Crippen LogP contribution in [-0.4, -0.2) is 36.4 Å². The predicted molar refractivity (Wildman–Crippen MR) is 134 cm³/mol. The maximum atomic E-state index is 13.3. The summed E-state index contributed by atoms with van der Waals surface area (Å²) < 4.78 is 34.0. The Morgan fingerprint density at radius 1 is 1.06 bits per heavy atom. The lowest BCUT2D eigenvalue weighted by molar-refractivity contribution is -0.385. The fourth-order valence-corrected chi connectivity index (χ4v) is 5.63. The fourth-order valence-electron chi connectivity index (χ4n) is 4.01. The molecule has 1 aliphatic heterocycles. The van der Waals surface area contributed by atoms with Crippen molar-refractivity contribution in [3.8, 4) is 5.75 Å². The molecule has 9 nitrogen and oxygen atoms in total. The first-order valence-corrected chi connectivity index (χ1v) is 12.7. The van der Waals surface area contributed by atoms with Gasteiger partial charge in [-0.1, -0.05) is 56.3 Å². The van der Waals surface area contributed by atoms with E-state index in [4.69, 9.17) is 4.74 Å². The Hall–Kier alpha value is -3.76. The van der Waals surface area contributed by atoms with Crippen LogP contribution < -0.4 is 10.2 Å². The first kappa shape index (κ1) is 24.4. The molecule has 1 N–H and O–H groups in total. The van der Waals surface area contributed by atoms with E-state index >= 15 is 0 Å². The number of nitro groups is 1. The monoisotopic (exact) mass is 494 g/mol. The van der Waals surface area contributed by atoms with E-state index in [-0.39, 0.29) is 35.5 Å². The van der Waals surface area contributed by atoms with Crippen LogP contribution in [0.2, 0.25) is 0 Å². The molecular weight excluding hydrogens is 468 g/mol. The van der Waals surface area contributed by atoms with Gasteiger partial charge in [-0.25, -0.2) is 8.42 Å². The highest BCUT2D eigenvalue weighted by atomic mass is 32.2. The normalized spacial score (nSPS) is 16.5. The zero-order chi connectivity index (χ0) is 25.0. The fraction of sp³-hybridized carbons (Fsp3) is 0.240. The quantitative estimate of drug-likeness (QED) is 0.349. The lowest BCUT2D eigenvalue weighted by atomic mass is 9.96. The third-order valence-electron chi connectivity index (χ3n) is 5.83. The second-order valence-corrected chi connectivity index (χ2v) is 9.82. The number of para-hydroxylation sites is 1. The van der Waals surface area contributed by atoms with E-state index < -0.39 is 14.9 Å². The number of non-ortho nitro benzene ring substituents is 1. The van der Waals surface area contributed by atoms with Crippen LogP contribution in [0.5, 0.6) is 5.75 Å². The van der Waals surface area contributed by atoms with Gasteiger partial charge in [-0.2, -0.15) is 9.41 Å². The van der Waals surface area contributed by atoms with Crippen molar-refractivity contribution < 1.29 is 18.1 Å². The van der Waals surface area contributed by atoms with Gasteiger partial charge in [0, 0.05) is 37.2 Å². The van der Waals surface area contributed by atoms with Crippen molar-refractivity contribution in [2.45, 2.75) is 31.3 Å². The summed E-state index contributed by atoms with van der Waals surface area (Å²) in [5.74, 6) is 0.674. The summed E-state index contributed by atoms with van der Waals surface area (Å²) >= 11 is 0. The molecule has 10 heteroatoms. The van der Waals surface area contributed by atoms with E-state index in [9.17, 15) is 18.5 Å². The molecule has 0 aromatic heterocycles. The van der Waals surface area contributed by atoms with Gasteiger partial charge in [0.15, 0.2) is 0 Å². The minimum absolute atomic E-state index is 0.162. The number of hydrogen-bond acceptors (Lipinski definition) is 7. The van der Waals surface area contributed by atoms with Gasteiger partial charge in [0.2, 0.25) is 10.0 Å². The van der Waals surface area contributed by atoms with Crippen molar-refractivity contribution in [2.75, 3.05) is 18.5 Å².